The number of nitriles is 1. The van der Waals surface area contributed by atoms with Crippen molar-refractivity contribution in [2.45, 2.75) is 0 Å². The number of anilines is 2. The molecule has 134 valence electrons. The molecule has 0 atom stereocenters. The van der Waals surface area contributed by atoms with E-state index in [0.29, 0.717) is 17.0 Å². The van der Waals surface area contributed by atoms with Gasteiger partial charge in [-0.05, 0) is 36.4 Å². The number of nitrogens with zero attached hydrogens (tertiary/aromatic N) is 6. The highest BCUT2D eigenvalue weighted by Crippen LogP contribution is 2.21. The molecule has 0 saturated carbocycles. The molecular weight excluding hydrogens is 343 g/mol. The summed E-state index contributed by atoms with van der Waals surface area (Å²) in [5.41, 5.74) is 2.81. The monoisotopic (exact) mass is 360 g/mol. The van der Waals surface area contributed by atoms with E-state index in [2.05, 4.69) is 25.0 Å². The fraction of sp³-hybridized carbons (Fsp3) is 0.200. The van der Waals surface area contributed by atoms with Gasteiger partial charge in [0.1, 0.15) is 17.6 Å². The molecule has 1 aliphatic rings. The van der Waals surface area contributed by atoms with E-state index in [-0.39, 0.29) is 5.82 Å². The third-order valence-electron chi connectivity index (χ3n) is 4.60. The first kappa shape index (κ1) is 16.9. The maximum atomic E-state index is 13.4. The predicted octanol–water partition coefficient (Wildman–Crippen LogP) is 2.88. The van der Waals surface area contributed by atoms with E-state index >= 15 is 0 Å². The van der Waals surface area contributed by atoms with Crippen LogP contribution in [0.4, 0.5) is 15.9 Å². The maximum Gasteiger partial charge on any atom is 0.151 e. The second kappa shape index (κ2) is 7.38. The van der Waals surface area contributed by atoms with Gasteiger partial charge in [0.2, 0.25) is 0 Å². The van der Waals surface area contributed by atoms with Crippen LogP contribution in [0, 0.1) is 17.1 Å². The van der Waals surface area contributed by atoms with E-state index in [1.165, 1.54) is 12.1 Å². The zero-order valence-electron chi connectivity index (χ0n) is 14.6. The van der Waals surface area contributed by atoms with Gasteiger partial charge in [0, 0.05) is 31.7 Å². The van der Waals surface area contributed by atoms with Gasteiger partial charge in [-0.3, -0.25) is 0 Å². The molecule has 0 N–H and O–H groups in total. The van der Waals surface area contributed by atoms with Gasteiger partial charge in [0.25, 0.3) is 0 Å². The van der Waals surface area contributed by atoms with E-state index in [1.54, 1.807) is 18.3 Å². The lowest BCUT2D eigenvalue weighted by molar-refractivity contribution is 0.628. The first-order valence-corrected chi connectivity index (χ1v) is 8.69. The number of aromatic nitrogens is 3. The quantitative estimate of drug-likeness (QED) is 0.715. The van der Waals surface area contributed by atoms with Crippen LogP contribution in [0.25, 0.3) is 11.3 Å². The molecule has 0 spiro atoms. The van der Waals surface area contributed by atoms with Gasteiger partial charge in [-0.15, -0.1) is 10.2 Å². The van der Waals surface area contributed by atoms with Crippen molar-refractivity contribution in [3.05, 3.63) is 66.2 Å². The Labute approximate surface area is 156 Å². The van der Waals surface area contributed by atoms with Crippen molar-refractivity contribution in [1.29, 1.82) is 5.26 Å². The summed E-state index contributed by atoms with van der Waals surface area (Å²) in [5.74, 6) is 0.527. The zero-order valence-corrected chi connectivity index (χ0v) is 14.6. The molecule has 0 bridgehead atoms. The van der Waals surface area contributed by atoms with Crippen molar-refractivity contribution < 1.29 is 4.39 Å². The van der Waals surface area contributed by atoms with Crippen LogP contribution in [0.15, 0.2) is 54.7 Å². The Morgan fingerprint density at radius 1 is 0.926 bits per heavy atom. The molecule has 1 saturated heterocycles. The van der Waals surface area contributed by atoms with Gasteiger partial charge in [0.15, 0.2) is 5.82 Å². The van der Waals surface area contributed by atoms with Crippen LogP contribution in [-0.2, 0) is 0 Å². The normalized spacial score (nSPS) is 14.1. The molecule has 2 aromatic heterocycles. The van der Waals surface area contributed by atoms with Crippen molar-refractivity contribution in [3.63, 3.8) is 0 Å². The molecule has 3 heterocycles. The van der Waals surface area contributed by atoms with Crippen molar-refractivity contribution >= 4 is 11.5 Å². The van der Waals surface area contributed by atoms with Gasteiger partial charge >= 0.3 is 0 Å². The molecule has 1 aliphatic heterocycles. The van der Waals surface area contributed by atoms with E-state index in [0.717, 1.165) is 37.7 Å². The predicted molar refractivity (Wildman–Crippen MR) is 101 cm³/mol. The first-order valence-electron chi connectivity index (χ1n) is 8.69. The lowest BCUT2D eigenvalue weighted by Crippen LogP contribution is -2.46. The van der Waals surface area contributed by atoms with Crippen molar-refractivity contribution in [1.82, 2.24) is 15.2 Å². The minimum atomic E-state index is -0.285. The Morgan fingerprint density at radius 2 is 1.74 bits per heavy atom. The summed E-state index contributed by atoms with van der Waals surface area (Å²) in [6.45, 7) is 3.30. The molecular formula is C20H17FN6. The largest absolute Gasteiger partial charge is 0.367 e. The Morgan fingerprint density at radius 3 is 2.37 bits per heavy atom. The van der Waals surface area contributed by atoms with Crippen LogP contribution >= 0.6 is 0 Å². The molecule has 1 aromatic carbocycles. The van der Waals surface area contributed by atoms with Crippen LogP contribution in [-0.4, -0.2) is 41.4 Å². The fourth-order valence-corrected chi connectivity index (χ4v) is 3.13. The summed E-state index contributed by atoms with van der Waals surface area (Å²) in [6.07, 6.45) is 1.74. The number of halogens is 1. The van der Waals surface area contributed by atoms with E-state index < -0.39 is 0 Å². The average Bonchev–Trinajstić information content (AvgIpc) is 2.74. The van der Waals surface area contributed by atoms with Crippen molar-refractivity contribution in [3.8, 4) is 17.3 Å². The Kier molecular flexibility index (Phi) is 4.62. The fourth-order valence-electron chi connectivity index (χ4n) is 3.13. The number of hydrogen-bond donors (Lipinski definition) is 0. The maximum absolute atomic E-state index is 13.4. The van der Waals surface area contributed by atoms with E-state index in [4.69, 9.17) is 5.26 Å². The van der Waals surface area contributed by atoms with E-state index in [1.807, 2.05) is 30.3 Å². The number of benzene rings is 1. The van der Waals surface area contributed by atoms with Crippen LogP contribution in [0.1, 0.15) is 5.69 Å². The van der Waals surface area contributed by atoms with Gasteiger partial charge in [-0.1, -0.05) is 12.1 Å². The summed E-state index contributed by atoms with van der Waals surface area (Å²) in [7, 11) is 0. The zero-order chi connectivity index (χ0) is 18.6. The second-order valence-corrected chi connectivity index (χ2v) is 6.27. The van der Waals surface area contributed by atoms with Crippen LogP contribution in [0.2, 0.25) is 0 Å². The molecule has 0 radical (unpaired) electrons. The molecule has 4 rings (SSSR count). The van der Waals surface area contributed by atoms with Gasteiger partial charge in [-0.25, -0.2) is 9.37 Å². The highest BCUT2D eigenvalue weighted by molar-refractivity contribution is 5.60. The Hall–Kier alpha value is -3.53. The van der Waals surface area contributed by atoms with Gasteiger partial charge < -0.3 is 9.80 Å². The number of pyridine rings is 1. The highest BCUT2D eigenvalue weighted by atomic mass is 19.1. The second-order valence-electron chi connectivity index (χ2n) is 6.27. The third kappa shape index (κ3) is 3.70. The van der Waals surface area contributed by atoms with Crippen molar-refractivity contribution in [2.24, 2.45) is 0 Å². The smallest absolute Gasteiger partial charge is 0.151 e. The molecule has 1 fully saturated rings. The number of hydrogen-bond acceptors (Lipinski definition) is 6. The van der Waals surface area contributed by atoms with Gasteiger partial charge in [-0.2, -0.15) is 5.26 Å². The Balaban J connectivity index is 1.41. The summed E-state index contributed by atoms with van der Waals surface area (Å²) in [4.78, 5) is 8.54. The topological polar surface area (TPSA) is 68.9 Å². The molecule has 7 heteroatoms. The summed E-state index contributed by atoms with van der Waals surface area (Å²) in [5, 5.41) is 17.4. The summed E-state index contributed by atoms with van der Waals surface area (Å²) >= 11 is 0. The SMILES string of the molecule is N#Cc1ccc(N2CCN(c3ccc(-c4cccc(F)c4)nn3)CC2)cn1. The van der Waals surface area contributed by atoms with E-state index in [9.17, 15) is 4.39 Å². The minimum absolute atomic E-state index is 0.285. The van der Waals surface area contributed by atoms with Crippen LogP contribution < -0.4 is 9.80 Å². The first-order chi connectivity index (χ1) is 13.2. The third-order valence-corrected chi connectivity index (χ3v) is 4.60. The number of rotatable bonds is 3. The highest BCUT2D eigenvalue weighted by Gasteiger charge is 2.19. The molecule has 27 heavy (non-hydrogen) atoms. The van der Waals surface area contributed by atoms with Crippen molar-refractivity contribution in [2.75, 3.05) is 36.0 Å². The molecule has 3 aromatic rings. The standard InChI is InChI=1S/C20H17FN6/c21-16-3-1-2-15(12-16)19-6-7-20(25-24-19)27-10-8-26(9-11-27)18-5-4-17(13-22)23-14-18/h1-7,12,14H,8-11H2. The van der Waals surface area contributed by atoms with Crippen LogP contribution in [0.5, 0.6) is 0 Å². The molecule has 6 nitrogen and oxygen atoms in total. The lowest BCUT2D eigenvalue weighted by Gasteiger charge is -2.36. The minimum Gasteiger partial charge on any atom is -0.367 e. The van der Waals surface area contributed by atoms with Gasteiger partial charge in [0.05, 0.1) is 17.6 Å². The summed E-state index contributed by atoms with van der Waals surface area (Å²) in [6, 6.07) is 15.8. The summed E-state index contributed by atoms with van der Waals surface area (Å²) < 4.78 is 13.4. The molecule has 0 aliphatic carbocycles. The lowest BCUT2D eigenvalue weighted by atomic mass is 10.1. The number of piperazine rings is 1. The van der Waals surface area contributed by atoms with Crippen LogP contribution in [0.3, 0.4) is 0 Å². The Bertz CT molecular complexity index is 957. The molecule has 0 amide bonds. The molecule has 0 unspecified atom stereocenters. The average molecular weight is 360 g/mol.